The molecule has 0 amide bonds. The highest BCUT2D eigenvalue weighted by Gasteiger charge is 2.30. The Balaban J connectivity index is 1.25. The van der Waals surface area contributed by atoms with Crippen molar-refractivity contribution < 1.29 is 29.2 Å². The van der Waals surface area contributed by atoms with Crippen LogP contribution in [0.5, 0.6) is 17.2 Å². The van der Waals surface area contributed by atoms with Crippen molar-refractivity contribution >= 4 is 17.7 Å². The van der Waals surface area contributed by atoms with Crippen LogP contribution in [0.15, 0.2) is 54.6 Å². The van der Waals surface area contributed by atoms with Gasteiger partial charge in [-0.15, -0.1) is 0 Å². The second-order valence-corrected chi connectivity index (χ2v) is 11.6. The summed E-state index contributed by atoms with van der Waals surface area (Å²) in [6.45, 7) is 5.29. The molecule has 6 nitrogen and oxygen atoms in total. The molecule has 0 aliphatic carbocycles. The fourth-order valence-electron chi connectivity index (χ4n) is 5.29. The van der Waals surface area contributed by atoms with Crippen LogP contribution in [0.25, 0.3) is 11.1 Å². The average Bonchev–Trinajstić information content (AvgIpc) is 3.28. The van der Waals surface area contributed by atoms with E-state index in [2.05, 4.69) is 38.1 Å². The second-order valence-electron chi connectivity index (χ2n) is 10.4. The van der Waals surface area contributed by atoms with Crippen LogP contribution >= 0.6 is 11.8 Å². The van der Waals surface area contributed by atoms with Crippen LogP contribution in [-0.4, -0.2) is 46.5 Å². The molecule has 2 N–H and O–H groups in total. The van der Waals surface area contributed by atoms with Gasteiger partial charge in [0.1, 0.15) is 36.1 Å². The molecule has 7 heteroatoms. The quantitative estimate of drug-likeness (QED) is 0.341. The van der Waals surface area contributed by atoms with E-state index in [1.165, 1.54) is 5.56 Å². The number of rotatable bonds is 9. The van der Waals surface area contributed by atoms with Gasteiger partial charge in [-0.3, -0.25) is 4.79 Å². The Morgan fingerprint density at radius 3 is 2.53 bits per heavy atom. The molecule has 0 spiro atoms. The molecule has 38 heavy (non-hydrogen) atoms. The maximum Gasteiger partial charge on any atom is 0.304 e. The molecule has 1 atom stereocenters. The molecule has 0 unspecified atom stereocenters. The Kier molecular flexibility index (Phi) is 7.86. The van der Waals surface area contributed by atoms with E-state index in [9.17, 15) is 9.90 Å². The van der Waals surface area contributed by atoms with Gasteiger partial charge >= 0.3 is 5.97 Å². The molecule has 1 fully saturated rings. The molecule has 0 saturated carbocycles. The number of carboxylic acid groups (broad SMARTS) is 1. The van der Waals surface area contributed by atoms with Crippen LogP contribution < -0.4 is 14.2 Å². The third-order valence-electron chi connectivity index (χ3n) is 7.34. The number of benzene rings is 3. The minimum atomic E-state index is -0.823. The zero-order chi connectivity index (χ0) is 26.7. The zero-order valence-electron chi connectivity index (χ0n) is 21.9. The monoisotopic (exact) mass is 534 g/mol. The van der Waals surface area contributed by atoms with Crippen LogP contribution in [0.4, 0.5) is 0 Å². The van der Waals surface area contributed by atoms with Gasteiger partial charge in [0.25, 0.3) is 0 Å². The van der Waals surface area contributed by atoms with E-state index >= 15 is 0 Å². The topological polar surface area (TPSA) is 85.2 Å². The summed E-state index contributed by atoms with van der Waals surface area (Å²) in [4.78, 5) is 11.1. The fraction of sp³-hybridized carbons (Fsp3) is 0.387. The number of fused-ring (bicyclic) bond motifs is 1. The van der Waals surface area contributed by atoms with Gasteiger partial charge in [-0.1, -0.05) is 24.3 Å². The number of ether oxygens (including phenoxy) is 3. The van der Waals surface area contributed by atoms with Gasteiger partial charge in [-0.2, -0.15) is 11.8 Å². The first-order valence-electron chi connectivity index (χ1n) is 13.0. The number of thioether (sulfide) groups is 1. The number of aliphatic hydroxyl groups is 1. The minimum Gasteiger partial charge on any atom is -0.492 e. The Labute approximate surface area is 227 Å². The van der Waals surface area contributed by atoms with Gasteiger partial charge < -0.3 is 24.4 Å². The first-order valence-corrected chi connectivity index (χ1v) is 14.2. The van der Waals surface area contributed by atoms with Crippen molar-refractivity contribution in [1.82, 2.24) is 0 Å². The highest BCUT2D eigenvalue weighted by molar-refractivity contribution is 7.99. The van der Waals surface area contributed by atoms with Crippen molar-refractivity contribution in [2.24, 2.45) is 0 Å². The summed E-state index contributed by atoms with van der Waals surface area (Å²) in [5.74, 6) is 3.20. The van der Waals surface area contributed by atoms with E-state index < -0.39 is 11.6 Å². The summed E-state index contributed by atoms with van der Waals surface area (Å²) in [5, 5.41) is 19.9. The Hall–Kier alpha value is -3.16. The largest absolute Gasteiger partial charge is 0.492 e. The van der Waals surface area contributed by atoms with E-state index in [0.717, 1.165) is 57.9 Å². The first kappa shape index (κ1) is 26.4. The predicted molar refractivity (Wildman–Crippen MR) is 150 cm³/mol. The van der Waals surface area contributed by atoms with Gasteiger partial charge in [0.05, 0.1) is 13.0 Å². The van der Waals surface area contributed by atoms with Crippen molar-refractivity contribution in [3.8, 4) is 28.4 Å². The van der Waals surface area contributed by atoms with Crippen molar-refractivity contribution in [2.45, 2.75) is 51.2 Å². The molecule has 200 valence electrons. The number of hydrogen-bond donors (Lipinski definition) is 2. The van der Waals surface area contributed by atoms with E-state index in [-0.39, 0.29) is 12.3 Å². The van der Waals surface area contributed by atoms with E-state index in [1.807, 2.05) is 42.1 Å². The van der Waals surface area contributed by atoms with Crippen molar-refractivity contribution in [3.63, 3.8) is 0 Å². The van der Waals surface area contributed by atoms with Crippen molar-refractivity contribution in [1.29, 1.82) is 0 Å². The summed E-state index contributed by atoms with van der Waals surface area (Å²) >= 11 is 1.88. The lowest BCUT2D eigenvalue weighted by Crippen LogP contribution is -2.39. The fourth-order valence-corrected chi connectivity index (χ4v) is 6.54. The summed E-state index contributed by atoms with van der Waals surface area (Å²) in [5.41, 5.74) is 5.76. The Morgan fingerprint density at radius 2 is 1.79 bits per heavy atom. The number of carbonyl (C=O) groups is 1. The first-order chi connectivity index (χ1) is 18.3. The highest BCUT2D eigenvalue weighted by Crippen LogP contribution is 2.39. The number of aliphatic carboxylic acids is 1. The molecule has 2 aliphatic rings. The lowest BCUT2D eigenvalue weighted by Gasteiger charge is -2.31. The van der Waals surface area contributed by atoms with E-state index in [1.54, 1.807) is 0 Å². The summed E-state index contributed by atoms with van der Waals surface area (Å²) in [7, 11) is 0. The van der Waals surface area contributed by atoms with Crippen LogP contribution in [0.2, 0.25) is 0 Å². The van der Waals surface area contributed by atoms with Gasteiger partial charge in [-0.25, -0.2) is 0 Å². The van der Waals surface area contributed by atoms with Crippen molar-refractivity contribution in [2.75, 3.05) is 24.7 Å². The molecule has 5 rings (SSSR count). The maximum atomic E-state index is 11.1. The van der Waals surface area contributed by atoms with Crippen LogP contribution in [0.1, 0.15) is 47.4 Å². The van der Waals surface area contributed by atoms with Gasteiger partial charge in [0, 0.05) is 17.5 Å². The zero-order valence-corrected chi connectivity index (χ0v) is 22.7. The van der Waals surface area contributed by atoms with Gasteiger partial charge in [0.15, 0.2) is 0 Å². The summed E-state index contributed by atoms with van der Waals surface area (Å²) < 4.78 is 17.8. The highest BCUT2D eigenvalue weighted by atomic mass is 32.2. The van der Waals surface area contributed by atoms with Gasteiger partial charge in [0.2, 0.25) is 0 Å². The molecular formula is C31H34O6S. The maximum absolute atomic E-state index is 11.1. The second kappa shape index (κ2) is 11.3. The van der Waals surface area contributed by atoms with Crippen LogP contribution in [0, 0.1) is 13.8 Å². The molecule has 3 aromatic rings. The summed E-state index contributed by atoms with van der Waals surface area (Å²) in [6.07, 6.45) is 1.60. The molecule has 1 saturated heterocycles. The smallest absolute Gasteiger partial charge is 0.304 e. The number of carboxylic acids is 1. The predicted octanol–water partition coefficient (Wildman–Crippen LogP) is 6.14. The lowest BCUT2D eigenvalue weighted by atomic mass is 9.94. The third-order valence-corrected chi connectivity index (χ3v) is 8.33. The SMILES string of the molecule is Cc1cc(OCC2(O)CCSCC2)cc(C)c1-c1cccc(COc2ccc3c(c2)OC[C@H]3CC(=O)O)c1. The molecular weight excluding hydrogens is 500 g/mol. The molecule has 0 aromatic heterocycles. The number of aryl methyl sites for hydroxylation is 2. The summed E-state index contributed by atoms with van der Waals surface area (Å²) in [6, 6.07) is 18.1. The van der Waals surface area contributed by atoms with E-state index in [4.69, 9.17) is 19.3 Å². The molecule has 2 heterocycles. The minimum absolute atomic E-state index is 0.0629. The molecule has 2 aliphatic heterocycles. The average molecular weight is 535 g/mol. The van der Waals surface area contributed by atoms with Crippen molar-refractivity contribution in [3.05, 3.63) is 76.9 Å². The Bertz CT molecular complexity index is 1290. The van der Waals surface area contributed by atoms with Crippen LogP contribution in [0.3, 0.4) is 0 Å². The third kappa shape index (κ3) is 6.11. The Morgan fingerprint density at radius 1 is 1.03 bits per heavy atom. The molecule has 0 radical (unpaired) electrons. The molecule has 0 bridgehead atoms. The van der Waals surface area contributed by atoms with E-state index in [0.29, 0.717) is 31.3 Å². The van der Waals surface area contributed by atoms with Gasteiger partial charge in [-0.05, 0) is 90.3 Å². The molecule has 3 aromatic carbocycles. The normalized spacial score (nSPS) is 17.9. The lowest BCUT2D eigenvalue weighted by molar-refractivity contribution is -0.137. The van der Waals surface area contributed by atoms with Crippen LogP contribution in [-0.2, 0) is 11.4 Å². The standard InChI is InChI=1S/C31H34O6S/c1-20-12-26(37-19-31(34)8-10-38-11-9-31)13-21(2)30(20)23-5-3-4-22(14-23)17-35-25-6-7-27-24(15-29(32)33)18-36-28(27)16-25/h3-7,12-14,16,24,34H,8-11,15,17-19H2,1-2H3,(H,32,33)/t24-/m1/s1. The number of hydrogen-bond acceptors (Lipinski definition) is 6.